The molecule has 2 amide bonds. The van der Waals surface area contributed by atoms with E-state index < -0.39 is 12.1 Å². The third-order valence-corrected chi connectivity index (χ3v) is 5.50. The number of carbonyl (C=O) groups excluding carboxylic acids is 2. The second-order valence-electron chi connectivity index (χ2n) is 8.35. The third-order valence-electron chi connectivity index (χ3n) is 5.50. The number of rotatable bonds is 8. The number of nitrogens with one attached hydrogen (secondary N) is 1. The lowest BCUT2D eigenvalue weighted by Gasteiger charge is -2.29. The van der Waals surface area contributed by atoms with Crippen LogP contribution in [-0.2, 0) is 16.1 Å². The van der Waals surface area contributed by atoms with E-state index in [0.29, 0.717) is 31.7 Å². The molecule has 0 aliphatic carbocycles. The molecule has 37 heavy (non-hydrogen) atoms. The Morgan fingerprint density at radius 3 is 2.11 bits per heavy atom. The number of halogens is 3. The van der Waals surface area contributed by atoms with Crippen molar-refractivity contribution in [1.82, 2.24) is 15.1 Å². The van der Waals surface area contributed by atoms with Gasteiger partial charge in [-0.2, -0.15) is 13.2 Å². The van der Waals surface area contributed by atoms with Crippen molar-refractivity contribution >= 4 is 17.8 Å². The lowest BCUT2D eigenvalue weighted by atomic mass is 10.1. The van der Waals surface area contributed by atoms with Crippen LogP contribution in [0.25, 0.3) is 0 Å². The van der Waals surface area contributed by atoms with Crippen molar-refractivity contribution in [2.45, 2.75) is 33.0 Å². The van der Waals surface area contributed by atoms with Crippen molar-refractivity contribution in [3.05, 3.63) is 65.2 Å². The number of alkyl halides is 3. The summed E-state index contributed by atoms with van der Waals surface area (Å²) in [7, 11) is 0. The molecule has 0 radical (unpaired) electrons. The molecular formula is C26H32F3N3O5. The number of hydrogen-bond donors (Lipinski definition) is 2. The van der Waals surface area contributed by atoms with E-state index in [1.807, 2.05) is 55.1 Å². The number of piperazine rings is 1. The molecule has 3 rings (SSSR count). The molecule has 0 bridgehead atoms. The highest BCUT2D eigenvalue weighted by Crippen LogP contribution is 2.17. The zero-order chi connectivity index (χ0) is 27.4. The number of hydrogen-bond acceptors (Lipinski definition) is 5. The fourth-order valence-corrected chi connectivity index (χ4v) is 3.51. The molecule has 2 aromatic rings. The molecule has 0 spiro atoms. The van der Waals surface area contributed by atoms with Crippen molar-refractivity contribution in [2.75, 3.05) is 39.3 Å². The molecule has 0 unspecified atom stereocenters. The smallest absolute Gasteiger partial charge is 0.490 e. The van der Waals surface area contributed by atoms with E-state index in [0.717, 1.165) is 37.5 Å². The molecule has 0 saturated carbocycles. The van der Waals surface area contributed by atoms with E-state index in [9.17, 15) is 22.8 Å². The van der Waals surface area contributed by atoms with Crippen molar-refractivity contribution in [2.24, 2.45) is 0 Å². The number of nitrogens with zero attached hydrogens (tertiary/aromatic N) is 2. The first-order valence-electron chi connectivity index (χ1n) is 11.9. The normalized spacial score (nSPS) is 13.3. The summed E-state index contributed by atoms with van der Waals surface area (Å²) < 4.78 is 37.2. The molecule has 1 aliphatic rings. The minimum Gasteiger partial charge on any atom is -0.494 e. The summed E-state index contributed by atoms with van der Waals surface area (Å²) in [5.41, 5.74) is 2.83. The zero-order valence-electron chi connectivity index (χ0n) is 20.9. The van der Waals surface area contributed by atoms with Crippen LogP contribution in [-0.4, -0.2) is 78.2 Å². The van der Waals surface area contributed by atoms with Gasteiger partial charge in [-0.05, 0) is 43.7 Å². The highest BCUT2D eigenvalue weighted by molar-refractivity contribution is 5.94. The average molecular weight is 524 g/mol. The van der Waals surface area contributed by atoms with Gasteiger partial charge in [0.1, 0.15) is 5.75 Å². The van der Waals surface area contributed by atoms with Crippen molar-refractivity contribution in [3.8, 4) is 5.75 Å². The maximum Gasteiger partial charge on any atom is 0.490 e. The highest BCUT2D eigenvalue weighted by atomic mass is 19.4. The Bertz CT molecular complexity index is 1020. The Hall–Kier alpha value is -3.60. The SMILES string of the molecule is CCOc1ccc(C(=O)N(CCC(=O)N2CCNCC2)Cc2ccc(C)cc2)cc1.O=C(O)C(F)(F)F. The van der Waals surface area contributed by atoms with Crippen LogP contribution in [0, 0.1) is 6.92 Å². The summed E-state index contributed by atoms with van der Waals surface area (Å²) in [6, 6.07) is 15.3. The van der Waals surface area contributed by atoms with Crippen LogP contribution in [0.4, 0.5) is 13.2 Å². The van der Waals surface area contributed by atoms with Gasteiger partial charge in [-0.15, -0.1) is 0 Å². The maximum absolute atomic E-state index is 13.2. The summed E-state index contributed by atoms with van der Waals surface area (Å²) in [5.74, 6) is -1.99. The Kier molecular flexibility index (Phi) is 11.4. The van der Waals surface area contributed by atoms with E-state index in [2.05, 4.69) is 5.32 Å². The van der Waals surface area contributed by atoms with Gasteiger partial charge in [0.2, 0.25) is 5.91 Å². The second kappa shape index (κ2) is 14.2. The summed E-state index contributed by atoms with van der Waals surface area (Å²) >= 11 is 0. The van der Waals surface area contributed by atoms with Crippen LogP contribution >= 0.6 is 0 Å². The van der Waals surface area contributed by atoms with Crippen molar-refractivity contribution in [1.29, 1.82) is 0 Å². The van der Waals surface area contributed by atoms with Gasteiger partial charge in [0.15, 0.2) is 0 Å². The summed E-state index contributed by atoms with van der Waals surface area (Å²) in [4.78, 5) is 38.4. The van der Waals surface area contributed by atoms with Crippen LogP contribution in [0.2, 0.25) is 0 Å². The lowest BCUT2D eigenvalue weighted by Crippen LogP contribution is -2.47. The first-order valence-corrected chi connectivity index (χ1v) is 11.9. The summed E-state index contributed by atoms with van der Waals surface area (Å²) in [6.45, 7) is 8.52. The highest BCUT2D eigenvalue weighted by Gasteiger charge is 2.38. The van der Waals surface area contributed by atoms with Gasteiger partial charge < -0.3 is 25.0 Å². The molecule has 202 valence electrons. The standard InChI is InChI=1S/C24H31N3O3.C2HF3O2/c1-3-30-22-10-8-21(9-11-22)24(29)27(18-20-6-4-19(2)5-7-20)15-12-23(28)26-16-13-25-14-17-26;3-2(4,5)1(6)7/h4-11,25H,3,12-18H2,1-2H3;(H,6,7). The van der Waals surface area contributed by atoms with Gasteiger partial charge in [0.05, 0.1) is 6.61 Å². The predicted molar refractivity (Wildman–Crippen MR) is 131 cm³/mol. The minimum absolute atomic E-state index is 0.0771. The number of carboxylic acids is 1. The van der Waals surface area contributed by atoms with Crippen LogP contribution in [0.1, 0.15) is 34.8 Å². The molecule has 0 aromatic heterocycles. The maximum atomic E-state index is 13.2. The van der Waals surface area contributed by atoms with Crippen LogP contribution < -0.4 is 10.1 Å². The van der Waals surface area contributed by atoms with Crippen LogP contribution in [0.3, 0.4) is 0 Å². The summed E-state index contributed by atoms with van der Waals surface area (Å²) in [5, 5.41) is 10.4. The van der Waals surface area contributed by atoms with Crippen LogP contribution in [0.15, 0.2) is 48.5 Å². The molecule has 2 aromatic carbocycles. The largest absolute Gasteiger partial charge is 0.494 e. The minimum atomic E-state index is -5.08. The Labute approximate surface area is 214 Å². The molecule has 1 heterocycles. The van der Waals surface area contributed by atoms with Gasteiger partial charge in [-0.3, -0.25) is 9.59 Å². The molecule has 1 fully saturated rings. The van der Waals surface area contributed by atoms with Crippen molar-refractivity contribution < 1.29 is 37.4 Å². The van der Waals surface area contributed by atoms with Gasteiger partial charge in [0.25, 0.3) is 5.91 Å². The first kappa shape index (κ1) is 29.6. The number of aliphatic carboxylic acids is 1. The topological polar surface area (TPSA) is 99.2 Å². The molecule has 11 heteroatoms. The van der Waals surface area contributed by atoms with E-state index in [1.165, 1.54) is 5.56 Å². The van der Waals surface area contributed by atoms with E-state index >= 15 is 0 Å². The number of benzene rings is 2. The van der Waals surface area contributed by atoms with Gasteiger partial charge in [-0.25, -0.2) is 4.79 Å². The first-order chi connectivity index (χ1) is 17.5. The van der Waals surface area contributed by atoms with Gasteiger partial charge in [0, 0.05) is 51.3 Å². The quantitative estimate of drug-likeness (QED) is 0.550. The number of carboxylic acid groups (broad SMARTS) is 1. The summed E-state index contributed by atoms with van der Waals surface area (Å²) in [6.07, 6.45) is -4.76. The number of aryl methyl sites for hydroxylation is 1. The predicted octanol–water partition coefficient (Wildman–Crippen LogP) is 3.49. The molecular weight excluding hydrogens is 491 g/mol. The number of amides is 2. The molecule has 8 nitrogen and oxygen atoms in total. The molecule has 2 N–H and O–H groups in total. The molecule has 1 saturated heterocycles. The lowest BCUT2D eigenvalue weighted by molar-refractivity contribution is -0.192. The molecule has 0 atom stereocenters. The Balaban J connectivity index is 0.000000604. The van der Waals surface area contributed by atoms with Gasteiger partial charge in [-0.1, -0.05) is 29.8 Å². The van der Waals surface area contributed by atoms with Crippen molar-refractivity contribution in [3.63, 3.8) is 0 Å². The molecule has 1 aliphatic heterocycles. The van der Waals surface area contributed by atoms with E-state index in [1.54, 1.807) is 17.0 Å². The number of ether oxygens (including phenoxy) is 1. The van der Waals surface area contributed by atoms with E-state index in [-0.39, 0.29) is 11.8 Å². The fourth-order valence-electron chi connectivity index (χ4n) is 3.51. The van der Waals surface area contributed by atoms with Crippen LogP contribution in [0.5, 0.6) is 5.75 Å². The second-order valence-corrected chi connectivity index (χ2v) is 8.35. The van der Waals surface area contributed by atoms with Gasteiger partial charge >= 0.3 is 12.1 Å². The average Bonchev–Trinajstić information content (AvgIpc) is 2.88. The zero-order valence-corrected chi connectivity index (χ0v) is 20.9. The Morgan fingerprint density at radius 2 is 1.59 bits per heavy atom. The third kappa shape index (κ3) is 10.1. The Morgan fingerprint density at radius 1 is 1.03 bits per heavy atom. The van der Waals surface area contributed by atoms with E-state index in [4.69, 9.17) is 14.6 Å². The fraction of sp³-hybridized carbons (Fsp3) is 0.423. The number of carbonyl (C=O) groups is 3. The monoisotopic (exact) mass is 523 g/mol.